The lowest BCUT2D eigenvalue weighted by atomic mass is 10.0. The van der Waals surface area contributed by atoms with Crippen molar-refractivity contribution in [2.45, 2.75) is 12.6 Å². The molecule has 0 amide bonds. The molecule has 0 saturated heterocycles. The van der Waals surface area contributed by atoms with Gasteiger partial charge in [0, 0.05) is 23.5 Å². The summed E-state index contributed by atoms with van der Waals surface area (Å²) in [6.07, 6.45) is 7.34. The van der Waals surface area contributed by atoms with Crippen molar-refractivity contribution >= 4 is 6.08 Å². The first-order valence-electron chi connectivity index (χ1n) is 9.13. The summed E-state index contributed by atoms with van der Waals surface area (Å²) in [4.78, 5) is 3.85. The summed E-state index contributed by atoms with van der Waals surface area (Å²) in [5.41, 5.74) is 3.79. The first kappa shape index (κ1) is 23.4. The minimum absolute atomic E-state index is 0. The van der Waals surface area contributed by atoms with E-state index in [1.807, 2.05) is 12.1 Å². The maximum absolute atomic E-state index is 4.03. The number of benzene rings is 2. The lowest BCUT2D eigenvalue weighted by molar-refractivity contribution is -0.927. The zero-order chi connectivity index (χ0) is 19.5. The van der Waals surface area contributed by atoms with Crippen molar-refractivity contribution in [1.82, 2.24) is 4.98 Å². The van der Waals surface area contributed by atoms with E-state index in [-0.39, 0.29) is 12.4 Å². The van der Waals surface area contributed by atoms with Gasteiger partial charge in [-0.2, -0.15) is 0 Å². The molecule has 2 nitrogen and oxygen atoms in total. The van der Waals surface area contributed by atoms with E-state index in [2.05, 4.69) is 99.0 Å². The number of halogens is 1. The van der Waals surface area contributed by atoms with Gasteiger partial charge in [-0.3, -0.25) is 4.98 Å². The van der Waals surface area contributed by atoms with Gasteiger partial charge < -0.3 is 16.9 Å². The number of rotatable bonds is 6. The molecule has 28 heavy (non-hydrogen) atoms. The van der Waals surface area contributed by atoms with Crippen LogP contribution in [0.4, 0.5) is 0 Å². The van der Waals surface area contributed by atoms with Crippen LogP contribution in [0.15, 0.2) is 104 Å². The van der Waals surface area contributed by atoms with Gasteiger partial charge in [0.25, 0.3) is 0 Å². The van der Waals surface area contributed by atoms with Gasteiger partial charge in [-0.15, -0.1) is 0 Å². The molecule has 1 atom stereocenters. The van der Waals surface area contributed by atoms with E-state index in [0.717, 1.165) is 16.6 Å². The summed E-state index contributed by atoms with van der Waals surface area (Å²) in [5.74, 6) is 0. The molecule has 0 aliphatic heterocycles. The Morgan fingerprint density at radius 2 is 1.39 bits per heavy atom. The molecule has 3 heteroatoms. The third-order valence-corrected chi connectivity index (χ3v) is 4.49. The minimum atomic E-state index is 0. The Morgan fingerprint density at radius 1 is 0.857 bits per heavy atom. The summed E-state index contributed by atoms with van der Waals surface area (Å²) in [6, 6.07) is 25.4. The lowest BCUT2D eigenvalue weighted by Crippen LogP contribution is -3.00. The number of likely N-dealkylation sites (N-methyl/N-ethyl adjacent to an activating group) is 1. The van der Waals surface area contributed by atoms with E-state index in [0.29, 0.717) is 6.04 Å². The van der Waals surface area contributed by atoms with Gasteiger partial charge in [0.1, 0.15) is 12.6 Å². The Labute approximate surface area is 175 Å². The summed E-state index contributed by atoms with van der Waals surface area (Å²) in [6.45, 7) is 8.63. The number of nitrogens with zero attached hydrogens (tertiary/aromatic N) is 2. The third kappa shape index (κ3) is 7.15. The number of quaternary nitrogens is 1. The molecule has 0 radical (unpaired) electrons. The van der Waals surface area contributed by atoms with Crippen molar-refractivity contribution in [3.8, 4) is 0 Å². The highest BCUT2D eigenvalue weighted by Gasteiger charge is 2.27. The van der Waals surface area contributed by atoms with Crippen molar-refractivity contribution in [2.24, 2.45) is 0 Å². The molecule has 0 aliphatic rings. The Bertz CT molecular complexity index is 815. The number of hydrogen-bond donors (Lipinski definition) is 0. The number of aromatic nitrogens is 1. The highest BCUT2D eigenvalue weighted by Crippen LogP contribution is 2.28. The fourth-order valence-corrected chi connectivity index (χ4v) is 3.13. The zero-order valence-corrected chi connectivity index (χ0v) is 17.5. The van der Waals surface area contributed by atoms with Gasteiger partial charge in [0.2, 0.25) is 0 Å². The average molecular weight is 393 g/mol. The molecule has 3 aromatic rings. The van der Waals surface area contributed by atoms with E-state index < -0.39 is 0 Å². The number of pyridine rings is 1. The molecule has 1 heterocycles. The van der Waals surface area contributed by atoms with E-state index in [9.17, 15) is 0 Å². The van der Waals surface area contributed by atoms with E-state index >= 15 is 0 Å². The normalized spacial score (nSPS) is 11.2. The van der Waals surface area contributed by atoms with Crippen molar-refractivity contribution in [3.05, 3.63) is 121 Å². The molecule has 3 rings (SSSR count). The van der Waals surface area contributed by atoms with Gasteiger partial charge in [0.05, 0.1) is 14.1 Å². The SMILES string of the molecule is C=CC(c1ccccc1)[N+](C)(C)Cc1ccccc1.C=Cc1ccncc1.[Cl-]. The van der Waals surface area contributed by atoms with Crippen molar-refractivity contribution < 1.29 is 16.9 Å². The molecule has 2 aromatic carbocycles. The minimum Gasteiger partial charge on any atom is -1.00 e. The van der Waals surface area contributed by atoms with Gasteiger partial charge in [-0.25, -0.2) is 0 Å². The van der Waals surface area contributed by atoms with Crippen LogP contribution >= 0.6 is 0 Å². The van der Waals surface area contributed by atoms with E-state index in [4.69, 9.17) is 0 Å². The number of hydrogen-bond acceptors (Lipinski definition) is 1. The largest absolute Gasteiger partial charge is 1.00 e. The summed E-state index contributed by atoms with van der Waals surface area (Å²) in [5, 5.41) is 0. The molecule has 0 fully saturated rings. The third-order valence-electron chi connectivity index (χ3n) is 4.49. The molecule has 0 aliphatic carbocycles. The molecule has 1 aromatic heterocycles. The standard InChI is InChI=1S/C18H22N.C7H7N.ClH/c1-4-18(17-13-9-6-10-14-17)19(2,3)15-16-11-7-5-8-12-16;1-2-7-3-5-8-6-4-7;/h4-14,18H,1,15H2,2-3H3;2-6H,1H2;1H/q+1;;/p-1. The Kier molecular flexibility index (Phi) is 9.94. The maximum Gasteiger partial charge on any atom is 0.133 e. The molecule has 0 bridgehead atoms. The van der Waals surface area contributed by atoms with Crippen LogP contribution in [-0.2, 0) is 6.54 Å². The monoisotopic (exact) mass is 392 g/mol. The molecule has 0 saturated carbocycles. The smallest absolute Gasteiger partial charge is 0.133 e. The van der Waals surface area contributed by atoms with E-state index in [1.54, 1.807) is 18.5 Å². The second-order valence-corrected chi connectivity index (χ2v) is 7.00. The molecular formula is C25H29ClN2. The van der Waals surface area contributed by atoms with Crippen LogP contribution in [0.25, 0.3) is 6.08 Å². The molecule has 0 N–H and O–H groups in total. The Balaban J connectivity index is 0.000000367. The van der Waals surface area contributed by atoms with Gasteiger partial charge in [-0.05, 0) is 23.8 Å². The summed E-state index contributed by atoms with van der Waals surface area (Å²) >= 11 is 0. The Hall–Kier alpha value is -2.68. The van der Waals surface area contributed by atoms with Crippen LogP contribution in [0.3, 0.4) is 0 Å². The zero-order valence-electron chi connectivity index (χ0n) is 16.7. The van der Waals surface area contributed by atoms with Gasteiger partial charge in [-0.1, -0.05) is 79.9 Å². The predicted molar refractivity (Wildman–Crippen MR) is 116 cm³/mol. The average Bonchev–Trinajstić information content (AvgIpc) is 2.70. The van der Waals surface area contributed by atoms with Crippen LogP contribution in [-0.4, -0.2) is 23.6 Å². The topological polar surface area (TPSA) is 12.9 Å². The Morgan fingerprint density at radius 3 is 1.86 bits per heavy atom. The fraction of sp³-hybridized carbons (Fsp3) is 0.160. The van der Waals surface area contributed by atoms with Crippen molar-refractivity contribution in [3.63, 3.8) is 0 Å². The highest BCUT2D eigenvalue weighted by molar-refractivity contribution is 5.44. The second-order valence-electron chi connectivity index (χ2n) is 7.00. The first-order valence-corrected chi connectivity index (χ1v) is 9.13. The van der Waals surface area contributed by atoms with Crippen LogP contribution < -0.4 is 12.4 Å². The van der Waals surface area contributed by atoms with Gasteiger partial charge >= 0.3 is 0 Å². The van der Waals surface area contributed by atoms with Crippen LogP contribution in [0, 0.1) is 0 Å². The quantitative estimate of drug-likeness (QED) is 0.464. The van der Waals surface area contributed by atoms with Gasteiger partial charge in [0.15, 0.2) is 0 Å². The summed E-state index contributed by atoms with van der Waals surface area (Å²) < 4.78 is 0.873. The van der Waals surface area contributed by atoms with E-state index in [1.165, 1.54) is 11.1 Å². The first-order chi connectivity index (χ1) is 13.1. The highest BCUT2D eigenvalue weighted by atomic mass is 35.5. The lowest BCUT2D eigenvalue weighted by Gasteiger charge is -2.37. The van der Waals surface area contributed by atoms with Crippen LogP contribution in [0.5, 0.6) is 0 Å². The molecule has 146 valence electrons. The molecule has 1 unspecified atom stereocenters. The molecular weight excluding hydrogens is 364 g/mol. The van der Waals surface area contributed by atoms with Crippen molar-refractivity contribution in [1.29, 1.82) is 0 Å². The maximum atomic E-state index is 4.03. The molecule has 0 spiro atoms. The van der Waals surface area contributed by atoms with Crippen LogP contribution in [0.2, 0.25) is 0 Å². The second kappa shape index (κ2) is 11.9. The summed E-state index contributed by atoms with van der Waals surface area (Å²) in [7, 11) is 4.51. The van der Waals surface area contributed by atoms with Crippen molar-refractivity contribution in [2.75, 3.05) is 14.1 Å². The fourth-order valence-electron chi connectivity index (χ4n) is 3.13. The van der Waals surface area contributed by atoms with Crippen LogP contribution in [0.1, 0.15) is 22.7 Å². The predicted octanol–water partition coefficient (Wildman–Crippen LogP) is 2.92.